The second kappa shape index (κ2) is 6.19. The summed E-state index contributed by atoms with van der Waals surface area (Å²) in [5.41, 5.74) is 1.68. The molecule has 2 amide bonds. The third-order valence-corrected chi connectivity index (χ3v) is 6.90. The zero-order valence-electron chi connectivity index (χ0n) is 13.5. The Morgan fingerprint density at radius 2 is 2.12 bits per heavy atom. The number of hydrogen-bond donors (Lipinski definition) is 2. The monoisotopic (exact) mass is 409 g/mol. The van der Waals surface area contributed by atoms with Gasteiger partial charge in [0.25, 0.3) is 5.91 Å². The molecule has 0 bridgehead atoms. The van der Waals surface area contributed by atoms with Crippen molar-refractivity contribution in [1.82, 2.24) is 15.5 Å². The van der Waals surface area contributed by atoms with Crippen molar-refractivity contribution in [3.05, 3.63) is 32.1 Å². The first-order valence-electron chi connectivity index (χ1n) is 8.38. The molecule has 3 atom stereocenters. The van der Waals surface area contributed by atoms with E-state index in [1.54, 1.807) is 18.3 Å². The summed E-state index contributed by atoms with van der Waals surface area (Å²) in [5.74, 6) is -0.0198. The average molecular weight is 410 g/mol. The Morgan fingerprint density at radius 3 is 2.83 bits per heavy atom. The number of thiophene rings is 1. The normalized spacial score (nSPS) is 29.5. The Morgan fingerprint density at radius 1 is 1.33 bits per heavy atom. The van der Waals surface area contributed by atoms with Crippen LogP contribution in [0.1, 0.15) is 43.5 Å². The van der Waals surface area contributed by atoms with Crippen LogP contribution in [-0.4, -0.2) is 35.3 Å². The minimum atomic E-state index is -0.295. The van der Waals surface area contributed by atoms with E-state index in [1.165, 1.54) is 6.42 Å². The van der Waals surface area contributed by atoms with Gasteiger partial charge in [-0.2, -0.15) is 0 Å². The van der Waals surface area contributed by atoms with Crippen LogP contribution in [0.15, 0.2) is 27.2 Å². The van der Waals surface area contributed by atoms with Crippen LogP contribution in [0.2, 0.25) is 0 Å². The molecule has 3 aliphatic rings. The van der Waals surface area contributed by atoms with E-state index in [2.05, 4.69) is 26.6 Å². The standard InChI is InChI=1S/C17H20BrN3O2S/c1-9(22)21-12-5-3-2-4-10(12)20-11-8-19-17(23)15(11)16(21)13-6-7-14(18)24-13/h6-7,10,12,16,20H,2-5,8H2,1H3,(H,19,23)/t10-,12-,16-/m1/s1. The van der Waals surface area contributed by atoms with Crippen LogP contribution in [0, 0.1) is 0 Å². The van der Waals surface area contributed by atoms with Gasteiger partial charge in [-0.1, -0.05) is 12.8 Å². The zero-order valence-corrected chi connectivity index (χ0v) is 15.9. The lowest BCUT2D eigenvalue weighted by atomic mass is 9.88. The highest BCUT2D eigenvalue weighted by molar-refractivity contribution is 9.11. The Labute approximate surface area is 153 Å². The number of nitrogens with one attached hydrogen (secondary N) is 2. The Bertz CT molecular complexity index is 729. The number of amides is 2. The summed E-state index contributed by atoms with van der Waals surface area (Å²) in [4.78, 5) is 28.2. The third kappa shape index (κ3) is 2.58. The van der Waals surface area contributed by atoms with Crippen molar-refractivity contribution in [2.75, 3.05) is 6.54 Å². The van der Waals surface area contributed by atoms with E-state index in [0.717, 1.165) is 33.6 Å². The molecule has 1 fully saturated rings. The molecular weight excluding hydrogens is 390 g/mol. The molecule has 1 aromatic rings. The minimum absolute atomic E-state index is 0.0386. The van der Waals surface area contributed by atoms with Crippen LogP contribution in [-0.2, 0) is 9.59 Å². The van der Waals surface area contributed by atoms with Crippen LogP contribution >= 0.6 is 27.3 Å². The van der Waals surface area contributed by atoms with Gasteiger partial charge in [-0.05, 0) is 40.9 Å². The zero-order chi connectivity index (χ0) is 16.8. The molecule has 0 radical (unpaired) electrons. The molecule has 2 aliphatic heterocycles. The maximum atomic E-state index is 12.6. The van der Waals surface area contributed by atoms with E-state index >= 15 is 0 Å². The van der Waals surface area contributed by atoms with Crippen LogP contribution in [0.4, 0.5) is 0 Å². The molecule has 2 N–H and O–H groups in total. The lowest BCUT2D eigenvalue weighted by molar-refractivity contribution is -0.134. The summed E-state index contributed by atoms with van der Waals surface area (Å²) < 4.78 is 1.01. The number of hydrogen-bond acceptors (Lipinski definition) is 4. The smallest absolute Gasteiger partial charge is 0.251 e. The van der Waals surface area contributed by atoms with E-state index in [0.29, 0.717) is 12.1 Å². The summed E-state index contributed by atoms with van der Waals surface area (Å²) >= 11 is 5.11. The Kier molecular flexibility index (Phi) is 4.16. The highest BCUT2D eigenvalue weighted by Crippen LogP contribution is 2.43. The van der Waals surface area contributed by atoms with E-state index < -0.39 is 0 Å². The van der Waals surface area contributed by atoms with E-state index in [1.807, 2.05) is 17.0 Å². The molecule has 128 valence electrons. The van der Waals surface area contributed by atoms with E-state index in [4.69, 9.17) is 0 Å². The molecule has 1 aliphatic carbocycles. The number of nitrogens with zero attached hydrogens (tertiary/aromatic N) is 1. The molecule has 0 aromatic carbocycles. The highest BCUT2D eigenvalue weighted by atomic mass is 79.9. The predicted molar refractivity (Wildman–Crippen MR) is 96.5 cm³/mol. The molecule has 0 saturated heterocycles. The number of carbonyl (C=O) groups excluding carboxylic acids is 2. The van der Waals surface area contributed by atoms with Gasteiger partial charge in [0.05, 0.1) is 28.0 Å². The van der Waals surface area contributed by atoms with Gasteiger partial charge in [0.1, 0.15) is 0 Å². The average Bonchev–Trinajstić information content (AvgIpc) is 3.08. The van der Waals surface area contributed by atoms with Crippen molar-refractivity contribution in [2.45, 2.75) is 50.7 Å². The molecule has 4 rings (SSSR count). The largest absolute Gasteiger partial charge is 0.382 e. The summed E-state index contributed by atoms with van der Waals surface area (Å²) in [6.45, 7) is 2.16. The first-order chi connectivity index (χ1) is 11.6. The van der Waals surface area contributed by atoms with Gasteiger partial charge in [-0.3, -0.25) is 9.59 Å². The van der Waals surface area contributed by atoms with Crippen LogP contribution in [0.25, 0.3) is 0 Å². The molecule has 0 spiro atoms. The van der Waals surface area contributed by atoms with Gasteiger partial charge >= 0.3 is 0 Å². The lowest BCUT2D eigenvalue weighted by Gasteiger charge is -2.41. The molecule has 1 saturated carbocycles. The van der Waals surface area contributed by atoms with Crippen LogP contribution in [0.3, 0.4) is 0 Å². The maximum Gasteiger partial charge on any atom is 0.251 e. The minimum Gasteiger partial charge on any atom is -0.382 e. The Hall–Kier alpha value is -1.34. The number of rotatable bonds is 1. The van der Waals surface area contributed by atoms with Gasteiger partial charge in [0.15, 0.2) is 0 Å². The predicted octanol–water partition coefficient (Wildman–Crippen LogP) is 2.70. The van der Waals surface area contributed by atoms with Crippen molar-refractivity contribution >= 4 is 39.1 Å². The van der Waals surface area contributed by atoms with Crippen LogP contribution < -0.4 is 10.6 Å². The highest BCUT2D eigenvalue weighted by Gasteiger charge is 2.45. The fourth-order valence-electron chi connectivity index (χ4n) is 4.25. The molecule has 3 heterocycles. The van der Waals surface area contributed by atoms with Gasteiger partial charge in [-0.25, -0.2) is 0 Å². The topological polar surface area (TPSA) is 61.4 Å². The van der Waals surface area contributed by atoms with Gasteiger partial charge in [0.2, 0.25) is 5.91 Å². The van der Waals surface area contributed by atoms with E-state index in [9.17, 15) is 9.59 Å². The summed E-state index contributed by atoms with van der Waals surface area (Å²) in [7, 11) is 0. The fraction of sp³-hybridized carbons (Fsp3) is 0.529. The fourth-order valence-corrected chi connectivity index (χ4v) is 5.78. The van der Waals surface area contributed by atoms with Crippen LogP contribution in [0.5, 0.6) is 0 Å². The van der Waals surface area contributed by atoms with E-state index in [-0.39, 0.29) is 29.9 Å². The van der Waals surface area contributed by atoms with Crippen molar-refractivity contribution in [3.63, 3.8) is 0 Å². The Balaban J connectivity index is 1.87. The van der Waals surface area contributed by atoms with Crippen molar-refractivity contribution < 1.29 is 9.59 Å². The number of halogens is 1. The van der Waals surface area contributed by atoms with Gasteiger partial charge in [-0.15, -0.1) is 11.3 Å². The van der Waals surface area contributed by atoms with Crippen molar-refractivity contribution in [2.24, 2.45) is 0 Å². The summed E-state index contributed by atoms with van der Waals surface area (Å²) in [6.07, 6.45) is 4.33. The molecular formula is C17H20BrN3O2S. The van der Waals surface area contributed by atoms with Crippen molar-refractivity contribution in [1.29, 1.82) is 0 Å². The molecule has 7 heteroatoms. The SMILES string of the molecule is CC(=O)N1[C@@H]2CCCC[C@H]2NC2=C(C(=O)NC2)[C@H]1c1ccc(Br)s1. The summed E-state index contributed by atoms with van der Waals surface area (Å²) in [5, 5.41) is 6.53. The first-order valence-corrected chi connectivity index (χ1v) is 9.99. The molecule has 0 unspecified atom stereocenters. The first kappa shape index (κ1) is 16.1. The molecule has 5 nitrogen and oxygen atoms in total. The number of fused-ring (bicyclic) bond motifs is 1. The van der Waals surface area contributed by atoms with Crippen molar-refractivity contribution in [3.8, 4) is 0 Å². The number of carbonyl (C=O) groups is 2. The molecule has 1 aromatic heterocycles. The maximum absolute atomic E-state index is 12.6. The lowest BCUT2D eigenvalue weighted by Crippen LogP contribution is -2.53. The second-order valence-electron chi connectivity index (χ2n) is 6.65. The van der Waals surface area contributed by atoms with Gasteiger partial charge < -0.3 is 15.5 Å². The van der Waals surface area contributed by atoms with Gasteiger partial charge in [0, 0.05) is 23.5 Å². The third-order valence-electron chi connectivity index (χ3n) is 5.22. The second-order valence-corrected chi connectivity index (χ2v) is 9.14. The quantitative estimate of drug-likeness (QED) is 0.749. The molecule has 24 heavy (non-hydrogen) atoms. The summed E-state index contributed by atoms with van der Waals surface area (Å²) in [6, 6.07) is 4.09.